The van der Waals surface area contributed by atoms with Crippen molar-refractivity contribution in [2.24, 2.45) is 0 Å². The van der Waals surface area contributed by atoms with E-state index in [0.717, 1.165) is 31.0 Å². The molecule has 0 aromatic carbocycles. The van der Waals surface area contributed by atoms with E-state index in [9.17, 15) is 0 Å². The van der Waals surface area contributed by atoms with Crippen molar-refractivity contribution < 1.29 is 4.74 Å². The van der Waals surface area contributed by atoms with Gasteiger partial charge in [0.15, 0.2) is 0 Å². The second-order valence-corrected chi connectivity index (χ2v) is 5.07. The molecule has 0 spiro atoms. The molecular weight excluding hydrogens is 254 g/mol. The van der Waals surface area contributed by atoms with Gasteiger partial charge in [-0.05, 0) is 32.3 Å². The molecule has 2 heterocycles. The molecule has 0 radical (unpaired) electrons. The number of methoxy groups -OCH3 is 1. The number of hydrogen-bond acceptors (Lipinski definition) is 4. The first-order valence-electron chi connectivity index (χ1n) is 6.96. The molecule has 0 fully saturated rings. The van der Waals surface area contributed by atoms with E-state index in [-0.39, 0.29) is 6.04 Å². The molecule has 20 heavy (non-hydrogen) atoms. The summed E-state index contributed by atoms with van der Waals surface area (Å²) in [6.45, 7) is 5.74. The number of anilines is 1. The van der Waals surface area contributed by atoms with Crippen molar-refractivity contribution in [2.45, 2.75) is 39.3 Å². The van der Waals surface area contributed by atoms with Gasteiger partial charge in [0.2, 0.25) is 5.95 Å². The maximum absolute atomic E-state index is 5.13. The molecule has 0 saturated carbocycles. The lowest BCUT2D eigenvalue weighted by Crippen LogP contribution is -2.23. The lowest BCUT2D eigenvalue weighted by Gasteiger charge is -2.15. The van der Waals surface area contributed by atoms with Gasteiger partial charge in [0, 0.05) is 37.8 Å². The number of H-pyrrole nitrogens is 1. The molecule has 0 bridgehead atoms. The molecule has 1 unspecified atom stereocenters. The van der Waals surface area contributed by atoms with Gasteiger partial charge in [0.1, 0.15) is 0 Å². The van der Waals surface area contributed by atoms with Crippen LogP contribution < -0.4 is 5.32 Å². The molecule has 6 nitrogen and oxygen atoms in total. The van der Waals surface area contributed by atoms with E-state index >= 15 is 0 Å². The zero-order valence-corrected chi connectivity index (χ0v) is 12.4. The summed E-state index contributed by atoms with van der Waals surface area (Å²) in [5.41, 5.74) is 2.44. The Hall–Kier alpha value is -1.82. The van der Waals surface area contributed by atoms with E-state index in [4.69, 9.17) is 4.74 Å². The summed E-state index contributed by atoms with van der Waals surface area (Å²) < 4.78 is 7.27. The standard InChI is InChI=1S/C14H23N5O/c1-11(10-20-3)17-14-15-6-8-19(14)7-4-5-13-9-16-18-12(13)2/h6,8-9,11H,4-5,7,10H2,1-3H3,(H,15,17)(H,16,18). The van der Waals surface area contributed by atoms with Gasteiger partial charge in [-0.3, -0.25) is 5.10 Å². The summed E-state index contributed by atoms with van der Waals surface area (Å²) in [5.74, 6) is 0.901. The van der Waals surface area contributed by atoms with Gasteiger partial charge in [-0.1, -0.05) is 0 Å². The Kier molecular flexibility index (Phi) is 5.17. The number of rotatable bonds is 8. The number of aromatic amines is 1. The lowest BCUT2D eigenvalue weighted by molar-refractivity contribution is 0.190. The Morgan fingerprint density at radius 1 is 1.50 bits per heavy atom. The van der Waals surface area contributed by atoms with Crippen LogP contribution in [-0.4, -0.2) is 39.5 Å². The molecule has 1 atom stereocenters. The average Bonchev–Trinajstić information content (AvgIpc) is 3.00. The van der Waals surface area contributed by atoms with E-state index in [1.165, 1.54) is 5.56 Å². The van der Waals surface area contributed by atoms with E-state index in [0.29, 0.717) is 6.61 Å². The minimum absolute atomic E-state index is 0.247. The third-order valence-electron chi connectivity index (χ3n) is 3.29. The van der Waals surface area contributed by atoms with Crippen LogP contribution in [0.2, 0.25) is 0 Å². The van der Waals surface area contributed by atoms with E-state index in [1.807, 2.05) is 18.6 Å². The monoisotopic (exact) mass is 277 g/mol. The molecule has 2 aromatic rings. The van der Waals surface area contributed by atoms with Gasteiger partial charge < -0.3 is 14.6 Å². The highest BCUT2D eigenvalue weighted by Crippen LogP contribution is 2.11. The zero-order chi connectivity index (χ0) is 14.4. The number of nitrogens with one attached hydrogen (secondary N) is 2. The predicted molar refractivity (Wildman–Crippen MR) is 78.8 cm³/mol. The molecule has 2 aromatic heterocycles. The smallest absolute Gasteiger partial charge is 0.203 e. The fourth-order valence-corrected chi connectivity index (χ4v) is 2.21. The minimum atomic E-state index is 0.247. The van der Waals surface area contributed by atoms with Crippen LogP contribution in [0.25, 0.3) is 0 Å². The number of nitrogens with zero attached hydrogens (tertiary/aromatic N) is 3. The first-order valence-corrected chi connectivity index (χ1v) is 6.96. The van der Waals surface area contributed by atoms with Crippen molar-refractivity contribution in [2.75, 3.05) is 19.0 Å². The van der Waals surface area contributed by atoms with Gasteiger partial charge in [0.05, 0.1) is 12.8 Å². The van der Waals surface area contributed by atoms with E-state index in [1.54, 1.807) is 7.11 Å². The summed E-state index contributed by atoms with van der Waals surface area (Å²) in [6, 6.07) is 0.247. The summed E-state index contributed by atoms with van der Waals surface area (Å²) in [6.07, 6.45) is 7.82. The summed E-state index contributed by atoms with van der Waals surface area (Å²) in [7, 11) is 1.71. The van der Waals surface area contributed by atoms with Crippen molar-refractivity contribution >= 4 is 5.95 Å². The number of ether oxygens (including phenoxy) is 1. The second-order valence-electron chi connectivity index (χ2n) is 5.07. The molecule has 0 saturated heterocycles. The first kappa shape index (κ1) is 14.6. The third kappa shape index (κ3) is 3.84. The van der Waals surface area contributed by atoms with Crippen molar-refractivity contribution in [1.29, 1.82) is 0 Å². The summed E-state index contributed by atoms with van der Waals surface area (Å²) >= 11 is 0. The van der Waals surface area contributed by atoms with E-state index in [2.05, 4.69) is 38.9 Å². The van der Waals surface area contributed by atoms with Gasteiger partial charge in [-0.25, -0.2) is 4.98 Å². The highest BCUT2D eigenvalue weighted by Gasteiger charge is 2.07. The third-order valence-corrected chi connectivity index (χ3v) is 3.29. The van der Waals surface area contributed by atoms with Crippen molar-refractivity contribution in [3.05, 3.63) is 29.8 Å². The fourth-order valence-electron chi connectivity index (χ4n) is 2.21. The number of hydrogen-bond donors (Lipinski definition) is 2. The molecule has 110 valence electrons. The van der Waals surface area contributed by atoms with Crippen LogP contribution in [0.4, 0.5) is 5.95 Å². The van der Waals surface area contributed by atoms with Crippen molar-refractivity contribution in [3.8, 4) is 0 Å². The Balaban J connectivity index is 1.84. The van der Waals surface area contributed by atoms with Gasteiger partial charge in [-0.15, -0.1) is 0 Å². The zero-order valence-electron chi connectivity index (χ0n) is 12.4. The molecule has 0 aliphatic heterocycles. The topological polar surface area (TPSA) is 67.8 Å². The predicted octanol–water partition coefficient (Wildman–Crippen LogP) is 1.99. The molecule has 6 heteroatoms. The van der Waals surface area contributed by atoms with Crippen LogP contribution in [0, 0.1) is 6.92 Å². The molecule has 0 amide bonds. The largest absolute Gasteiger partial charge is 0.383 e. The highest BCUT2D eigenvalue weighted by molar-refractivity contribution is 5.27. The normalized spacial score (nSPS) is 12.6. The summed E-state index contributed by atoms with van der Waals surface area (Å²) in [4.78, 5) is 4.35. The molecule has 0 aliphatic carbocycles. The van der Waals surface area contributed by atoms with Crippen LogP contribution in [0.15, 0.2) is 18.6 Å². The van der Waals surface area contributed by atoms with Gasteiger partial charge >= 0.3 is 0 Å². The van der Waals surface area contributed by atoms with Gasteiger partial charge in [-0.2, -0.15) is 5.10 Å². The van der Waals surface area contributed by atoms with Crippen LogP contribution in [0.1, 0.15) is 24.6 Å². The Morgan fingerprint density at radius 2 is 2.35 bits per heavy atom. The lowest BCUT2D eigenvalue weighted by atomic mass is 10.1. The van der Waals surface area contributed by atoms with Crippen LogP contribution in [0.3, 0.4) is 0 Å². The van der Waals surface area contributed by atoms with Crippen molar-refractivity contribution in [3.63, 3.8) is 0 Å². The molecule has 2 N–H and O–H groups in total. The number of aromatic nitrogens is 4. The number of imidazole rings is 1. The summed E-state index contributed by atoms with van der Waals surface area (Å²) in [5, 5.41) is 10.4. The van der Waals surface area contributed by atoms with E-state index < -0.39 is 0 Å². The highest BCUT2D eigenvalue weighted by atomic mass is 16.5. The Morgan fingerprint density at radius 3 is 3.05 bits per heavy atom. The second kappa shape index (κ2) is 7.09. The van der Waals surface area contributed by atoms with Crippen LogP contribution in [-0.2, 0) is 17.7 Å². The fraction of sp³-hybridized carbons (Fsp3) is 0.571. The first-order chi connectivity index (χ1) is 9.70. The molecule has 2 rings (SSSR count). The quantitative estimate of drug-likeness (QED) is 0.774. The Bertz CT molecular complexity index is 519. The maximum Gasteiger partial charge on any atom is 0.203 e. The maximum atomic E-state index is 5.13. The van der Waals surface area contributed by atoms with Crippen LogP contribution >= 0.6 is 0 Å². The van der Waals surface area contributed by atoms with Crippen molar-refractivity contribution in [1.82, 2.24) is 19.7 Å². The Labute approximate surface area is 119 Å². The van der Waals surface area contributed by atoms with Gasteiger partial charge in [0.25, 0.3) is 0 Å². The molecular formula is C14H23N5O. The average molecular weight is 277 g/mol. The SMILES string of the molecule is COCC(C)Nc1nccn1CCCc1cn[nH]c1C. The minimum Gasteiger partial charge on any atom is -0.383 e. The van der Waals surface area contributed by atoms with Crippen LogP contribution in [0.5, 0.6) is 0 Å². The molecule has 0 aliphatic rings. The number of aryl methyl sites for hydroxylation is 3.